The number of hydrogen-bond donors (Lipinski definition) is 2. The number of ether oxygens (including phenoxy) is 1. The van der Waals surface area contributed by atoms with Crippen molar-refractivity contribution in [3.63, 3.8) is 0 Å². The van der Waals surface area contributed by atoms with Gasteiger partial charge in [0.05, 0.1) is 17.1 Å². The van der Waals surface area contributed by atoms with Crippen molar-refractivity contribution >= 4 is 11.9 Å². The Labute approximate surface area is 217 Å². The molecule has 0 bridgehead atoms. The lowest BCUT2D eigenvalue weighted by Gasteiger charge is -2.40. The molecule has 7 nitrogen and oxygen atoms in total. The fourth-order valence-electron chi connectivity index (χ4n) is 5.33. The van der Waals surface area contributed by atoms with E-state index in [2.05, 4.69) is 17.0 Å². The van der Waals surface area contributed by atoms with E-state index in [1.54, 1.807) is 6.07 Å². The number of carbonyl (C=O) groups is 2. The van der Waals surface area contributed by atoms with Crippen LogP contribution in [0.1, 0.15) is 54.4 Å². The van der Waals surface area contributed by atoms with Crippen LogP contribution < -0.4 is 0 Å². The maximum absolute atomic E-state index is 14.3. The molecule has 2 aliphatic heterocycles. The van der Waals surface area contributed by atoms with E-state index in [-0.39, 0.29) is 31.1 Å². The molecule has 0 aromatic heterocycles. The van der Waals surface area contributed by atoms with Crippen molar-refractivity contribution in [2.24, 2.45) is 5.41 Å². The van der Waals surface area contributed by atoms with Gasteiger partial charge >= 0.3 is 5.97 Å². The Morgan fingerprint density at radius 1 is 0.919 bits per heavy atom. The average Bonchev–Trinajstić information content (AvgIpc) is 2.92. The zero-order chi connectivity index (χ0) is 26.3. The van der Waals surface area contributed by atoms with Crippen LogP contribution in [0.25, 0.3) is 0 Å². The van der Waals surface area contributed by atoms with Crippen molar-refractivity contribution in [1.82, 2.24) is 9.80 Å². The number of aliphatic hydroxyl groups is 2. The molecule has 0 saturated carbocycles. The summed E-state index contributed by atoms with van der Waals surface area (Å²) < 4.78 is 19.8. The van der Waals surface area contributed by atoms with E-state index in [1.165, 1.54) is 28.7 Å². The molecule has 2 N–H and O–H groups in total. The predicted molar refractivity (Wildman–Crippen MR) is 137 cm³/mol. The molecule has 2 aromatic rings. The fourth-order valence-corrected chi connectivity index (χ4v) is 5.33. The Morgan fingerprint density at radius 2 is 1.62 bits per heavy atom. The Bertz CT molecular complexity index is 1040. The average molecular weight is 513 g/mol. The van der Waals surface area contributed by atoms with Crippen LogP contribution in [0, 0.1) is 11.2 Å². The molecular formula is C29H37FN2O5. The summed E-state index contributed by atoms with van der Waals surface area (Å²) in [5.74, 6) is -1.35. The van der Waals surface area contributed by atoms with E-state index in [0.717, 1.165) is 19.6 Å². The highest BCUT2D eigenvalue weighted by atomic mass is 19.1. The van der Waals surface area contributed by atoms with Gasteiger partial charge in [-0.25, -0.2) is 4.39 Å². The third kappa shape index (κ3) is 6.94. The summed E-state index contributed by atoms with van der Waals surface area (Å²) in [6, 6.07) is 16.1. The molecule has 0 unspecified atom stereocenters. The van der Waals surface area contributed by atoms with Gasteiger partial charge in [-0.3, -0.25) is 14.5 Å². The fraction of sp³-hybridized carbons (Fsp3) is 0.517. The molecule has 0 radical (unpaired) electrons. The smallest absolute Gasteiger partial charge is 0.312 e. The van der Waals surface area contributed by atoms with E-state index in [4.69, 9.17) is 4.74 Å². The second-order valence-electron chi connectivity index (χ2n) is 10.3. The molecule has 2 atom stereocenters. The van der Waals surface area contributed by atoms with E-state index >= 15 is 0 Å². The van der Waals surface area contributed by atoms with Crippen LogP contribution in [-0.2, 0) is 16.1 Å². The highest BCUT2D eigenvalue weighted by Crippen LogP contribution is 2.38. The normalized spacial score (nSPS) is 24.0. The van der Waals surface area contributed by atoms with Crippen LogP contribution in [0.4, 0.5) is 4.39 Å². The number of rotatable bonds is 3. The van der Waals surface area contributed by atoms with Crippen molar-refractivity contribution in [3.8, 4) is 0 Å². The van der Waals surface area contributed by atoms with Crippen molar-refractivity contribution < 1.29 is 28.9 Å². The minimum atomic E-state index is -1.26. The minimum absolute atomic E-state index is 0.0115. The van der Waals surface area contributed by atoms with Crippen LogP contribution >= 0.6 is 0 Å². The molecule has 1 spiro atoms. The number of cyclic esters (lactones) is 1. The maximum Gasteiger partial charge on any atom is 0.312 e. The number of hydrogen-bond acceptors (Lipinski definition) is 6. The Balaban J connectivity index is 1.44. The lowest BCUT2D eigenvalue weighted by molar-refractivity contribution is -0.165. The van der Waals surface area contributed by atoms with Crippen LogP contribution in [0.3, 0.4) is 0 Å². The summed E-state index contributed by atoms with van der Waals surface area (Å²) in [7, 11) is 0. The van der Waals surface area contributed by atoms with Gasteiger partial charge in [0.15, 0.2) is 0 Å². The first-order valence-corrected chi connectivity index (χ1v) is 13.2. The zero-order valence-electron chi connectivity index (χ0n) is 21.2. The van der Waals surface area contributed by atoms with Gasteiger partial charge in [-0.1, -0.05) is 48.9 Å². The first-order valence-electron chi connectivity index (χ1n) is 13.2. The summed E-state index contributed by atoms with van der Waals surface area (Å²) in [4.78, 5) is 30.2. The predicted octanol–water partition coefficient (Wildman–Crippen LogP) is 3.39. The minimum Gasteiger partial charge on any atom is -0.462 e. The SMILES string of the molecule is O=C(c1ccccc1F)N1CCCCC2(CCN(Cc3ccccc3)CC2)C(=O)OC[C@@H](O)[C@@H](O)CC1. The Kier molecular flexibility index (Phi) is 9.29. The van der Waals surface area contributed by atoms with Gasteiger partial charge < -0.3 is 19.8 Å². The van der Waals surface area contributed by atoms with Gasteiger partial charge in [-0.2, -0.15) is 0 Å². The number of nitrogens with zero attached hydrogens (tertiary/aromatic N) is 2. The molecule has 200 valence electrons. The number of aliphatic hydroxyl groups excluding tert-OH is 2. The molecule has 37 heavy (non-hydrogen) atoms. The van der Waals surface area contributed by atoms with Crippen molar-refractivity contribution in [2.75, 3.05) is 32.8 Å². The summed E-state index contributed by atoms with van der Waals surface area (Å²) >= 11 is 0. The van der Waals surface area contributed by atoms with Crippen molar-refractivity contribution in [3.05, 3.63) is 71.5 Å². The van der Waals surface area contributed by atoms with Crippen molar-refractivity contribution in [1.29, 1.82) is 0 Å². The summed E-state index contributed by atoms with van der Waals surface area (Å²) in [5.41, 5.74) is 0.557. The first kappa shape index (κ1) is 27.2. The quantitative estimate of drug-likeness (QED) is 0.613. The van der Waals surface area contributed by atoms with Crippen LogP contribution in [0.15, 0.2) is 54.6 Å². The number of carbonyl (C=O) groups excluding carboxylic acids is 2. The highest BCUT2D eigenvalue weighted by Gasteiger charge is 2.42. The zero-order valence-corrected chi connectivity index (χ0v) is 21.2. The second-order valence-corrected chi connectivity index (χ2v) is 10.3. The van der Waals surface area contributed by atoms with Gasteiger partial charge in [-0.15, -0.1) is 0 Å². The monoisotopic (exact) mass is 512 g/mol. The summed E-state index contributed by atoms with van der Waals surface area (Å²) in [6.45, 7) is 2.58. The molecule has 1 amide bonds. The highest BCUT2D eigenvalue weighted by molar-refractivity contribution is 5.94. The van der Waals surface area contributed by atoms with Gasteiger partial charge in [0.1, 0.15) is 18.5 Å². The third-order valence-electron chi connectivity index (χ3n) is 7.74. The largest absolute Gasteiger partial charge is 0.462 e. The van der Waals surface area contributed by atoms with Crippen LogP contribution in [0.2, 0.25) is 0 Å². The molecule has 4 rings (SSSR count). The standard InChI is InChI=1S/C29H37FN2O5/c30-24-11-5-4-10-23(24)27(35)32-16-7-6-13-29(28(36)37-21-26(34)25(33)12-17-32)14-18-31(19-15-29)20-22-8-2-1-3-9-22/h1-5,8-11,25-26,33-34H,6-7,12-21H2/t25-,26+/m0/s1. The number of benzene rings is 2. The van der Waals surface area contributed by atoms with E-state index in [9.17, 15) is 24.2 Å². The van der Waals surface area contributed by atoms with Gasteiger partial charge in [-0.05, 0) is 62.9 Å². The molecule has 2 saturated heterocycles. The van der Waals surface area contributed by atoms with E-state index in [0.29, 0.717) is 38.6 Å². The molecule has 2 aromatic carbocycles. The Hall–Kier alpha value is -2.81. The van der Waals surface area contributed by atoms with E-state index < -0.39 is 29.3 Å². The van der Waals surface area contributed by atoms with Gasteiger partial charge in [0.25, 0.3) is 5.91 Å². The molecule has 2 aliphatic rings. The van der Waals surface area contributed by atoms with Crippen LogP contribution in [0.5, 0.6) is 0 Å². The second kappa shape index (κ2) is 12.6. The number of piperidine rings is 1. The molecule has 2 fully saturated rings. The number of esters is 1. The summed E-state index contributed by atoms with van der Waals surface area (Å²) in [5, 5.41) is 20.9. The summed E-state index contributed by atoms with van der Waals surface area (Å²) in [6.07, 6.45) is 0.925. The molecular weight excluding hydrogens is 475 g/mol. The number of amides is 1. The van der Waals surface area contributed by atoms with Gasteiger partial charge in [0.2, 0.25) is 0 Å². The van der Waals surface area contributed by atoms with E-state index in [1.807, 2.05) is 18.2 Å². The molecule has 8 heteroatoms. The van der Waals surface area contributed by atoms with Crippen LogP contribution in [-0.4, -0.2) is 76.9 Å². The molecule has 0 aliphatic carbocycles. The first-order chi connectivity index (χ1) is 17.9. The third-order valence-corrected chi connectivity index (χ3v) is 7.74. The number of halogens is 1. The topological polar surface area (TPSA) is 90.3 Å². The van der Waals surface area contributed by atoms with Crippen molar-refractivity contribution in [2.45, 2.75) is 57.3 Å². The Morgan fingerprint density at radius 3 is 2.35 bits per heavy atom. The lowest BCUT2D eigenvalue weighted by atomic mass is 9.74. The van der Waals surface area contributed by atoms with Gasteiger partial charge in [0, 0.05) is 19.6 Å². The lowest BCUT2D eigenvalue weighted by Crippen LogP contribution is -2.45. The maximum atomic E-state index is 14.3. The number of likely N-dealkylation sites (tertiary alicyclic amines) is 1. The molecule has 2 heterocycles.